The van der Waals surface area contributed by atoms with Gasteiger partial charge in [0, 0.05) is 12.1 Å². The van der Waals surface area contributed by atoms with E-state index < -0.39 is 0 Å². The van der Waals surface area contributed by atoms with Crippen molar-refractivity contribution in [2.75, 3.05) is 27.3 Å². The summed E-state index contributed by atoms with van der Waals surface area (Å²) in [7, 11) is 3.08. The van der Waals surface area contributed by atoms with Crippen LogP contribution < -0.4 is 9.47 Å². The Bertz CT molecular complexity index is 673. The van der Waals surface area contributed by atoms with Crippen molar-refractivity contribution in [1.29, 1.82) is 0 Å². The molecule has 0 bridgehead atoms. The first-order valence-electron chi connectivity index (χ1n) is 7.02. The predicted octanol–water partition coefficient (Wildman–Crippen LogP) is 3.21. The van der Waals surface area contributed by atoms with Gasteiger partial charge in [0.25, 0.3) is 5.91 Å². The van der Waals surface area contributed by atoms with Crippen LogP contribution in [0.3, 0.4) is 0 Å². The number of phenols is 1. The van der Waals surface area contributed by atoms with Crippen LogP contribution in [0.25, 0.3) is 0 Å². The number of amides is 1. The van der Waals surface area contributed by atoms with Gasteiger partial charge in [-0.2, -0.15) is 0 Å². The van der Waals surface area contributed by atoms with E-state index in [0.717, 1.165) is 0 Å². The SMILES string of the molecule is COc1cccc(C(=O)N(C)CCOc2ccc(Cl)cc2)c1O. The van der Waals surface area contributed by atoms with Gasteiger partial charge in [0.2, 0.25) is 0 Å². The third kappa shape index (κ3) is 4.29. The first-order chi connectivity index (χ1) is 11.0. The first-order valence-corrected chi connectivity index (χ1v) is 7.40. The molecule has 0 radical (unpaired) electrons. The molecule has 6 heteroatoms. The summed E-state index contributed by atoms with van der Waals surface area (Å²) in [5, 5.41) is 10.7. The molecule has 0 aliphatic rings. The number of ether oxygens (including phenoxy) is 2. The van der Waals surface area contributed by atoms with Crippen LogP contribution >= 0.6 is 11.6 Å². The minimum absolute atomic E-state index is 0.162. The number of carbonyl (C=O) groups excluding carboxylic acids is 1. The summed E-state index contributed by atoms with van der Waals surface area (Å²) < 4.78 is 10.6. The summed E-state index contributed by atoms with van der Waals surface area (Å²) in [5.41, 5.74) is 0.193. The molecule has 0 heterocycles. The molecule has 1 N–H and O–H groups in total. The highest BCUT2D eigenvalue weighted by Crippen LogP contribution is 2.29. The number of phenolic OH excluding ortho intramolecular Hbond substituents is 1. The van der Waals surface area contributed by atoms with Crippen LogP contribution in [0.2, 0.25) is 5.02 Å². The number of halogens is 1. The Morgan fingerprint density at radius 3 is 2.57 bits per heavy atom. The van der Waals surface area contributed by atoms with Gasteiger partial charge in [-0.1, -0.05) is 17.7 Å². The van der Waals surface area contributed by atoms with Gasteiger partial charge in [-0.05, 0) is 36.4 Å². The van der Waals surface area contributed by atoms with Gasteiger partial charge in [0.1, 0.15) is 12.4 Å². The molecule has 0 aromatic heterocycles. The van der Waals surface area contributed by atoms with Crippen molar-refractivity contribution in [3.8, 4) is 17.2 Å². The summed E-state index contributed by atoms with van der Waals surface area (Å²) in [6.07, 6.45) is 0. The Morgan fingerprint density at radius 1 is 1.22 bits per heavy atom. The molecule has 2 rings (SSSR count). The van der Waals surface area contributed by atoms with Crippen LogP contribution in [0, 0.1) is 0 Å². The van der Waals surface area contributed by atoms with Crippen LogP contribution in [-0.2, 0) is 0 Å². The summed E-state index contributed by atoms with van der Waals surface area (Å²) in [4.78, 5) is 13.8. The lowest BCUT2D eigenvalue weighted by molar-refractivity contribution is 0.0770. The van der Waals surface area contributed by atoms with E-state index >= 15 is 0 Å². The quantitative estimate of drug-likeness (QED) is 0.880. The second-order valence-electron chi connectivity index (χ2n) is 4.89. The monoisotopic (exact) mass is 335 g/mol. The molecule has 0 atom stereocenters. The molecule has 1 amide bonds. The van der Waals surface area contributed by atoms with E-state index in [9.17, 15) is 9.90 Å². The number of methoxy groups -OCH3 is 1. The van der Waals surface area contributed by atoms with E-state index in [4.69, 9.17) is 21.1 Å². The van der Waals surface area contributed by atoms with Gasteiger partial charge in [0.05, 0.1) is 19.2 Å². The standard InChI is InChI=1S/C17H18ClNO4/c1-19(10-11-23-13-8-6-12(18)7-9-13)17(21)14-4-3-5-15(22-2)16(14)20/h3-9,20H,10-11H2,1-2H3. The zero-order valence-corrected chi connectivity index (χ0v) is 13.7. The molecule has 0 spiro atoms. The predicted molar refractivity (Wildman–Crippen MR) is 88.6 cm³/mol. The number of para-hydroxylation sites is 1. The van der Waals surface area contributed by atoms with Crippen LogP contribution in [0.15, 0.2) is 42.5 Å². The fraction of sp³-hybridized carbons (Fsp3) is 0.235. The first kappa shape index (κ1) is 17.0. The van der Waals surface area contributed by atoms with E-state index in [1.165, 1.54) is 12.0 Å². The highest BCUT2D eigenvalue weighted by Gasteiger charge is 2.18. The molecule has 0 fully saturated rings. The maximum Gasteiger partial charge on any atom is 0.257 e. The van der Waals surface area contributed by atoms with Crippen LogP contribution in [0.5, 0.6) is 17.2 Å². The van der Waals surface area contributed by atoms with Crippen molar-refractivity contribution in [3.05, 3.63) is 53.1 Å². The number of hydrogen-bond donors (Lipinski definition) is 1. The van der Waals surface area contributed by atoms with Crippen LogP contribution in [0.4, 0.5) is 0 Å². The summed E-state index contributed by atoms with van der Waals surface area (Å²) in [5.74, 6) is 0.479. The largest absolute Gasteiger partial charge is 0.504 e. The summed E-state index contributed by atoms with van der Waals surface area (Å²) in [6.45, 7) is 0.701. The molecule has 5 nitrogen and oxygen atoms in total. The molecule has 0 saturated heterocycles. The van der Waals surface area contributed by atoms with Crippen LogP contribution in [-0.4, -0.2) is 43.2 Å². The van der Waals surface area contributed by atoms with Crippen molar-refractivity contribution >= 4 is 17.5 Å². The molecule has 2 aromatic rings. The van der Waals surface area contributed by atoms with Crippen molar-refractivity contribution in [3.63, 3.8) is 0 Å². The average molecular weight is 336 g/mol. The number of rotatable bonds is 6. The third-order valence-electron chi connectivity index (χ3n) is 3.31. The number of likely N-dealkylation sites (N-methyl/N-ethyl adjacent to an activating group) is 1. The molecule has 0 unspecified atom stereocenters. The molecular formula is C17H18ClNO4. The topological polar surface area (TPSA) is 59.0 Å². The Labute approximate surface area is 140 Å². The van der Waals surface area contributed by atoms with E-state index in [1.807, 2.05) is 0 Å². The summed E-state index contributed by atoms with van der Waals surface area (Å²) in [6, 6.07) is 11.8. The molecule has 0 aliphatic heterocycles. The smallest absolute Gasteiger partial charge is 0.257 e. The van der Waals surface area contributed by atoms with Crippen molar-refractivity contribution in [1.82, 2.24) is 4.90 Å². The number of nitrogens with zero attached hydrogens (tertiary/aromatic N) is 1. The second kappa shape index (κ2) is 7.74. The molecule has 0 aliphatic carbocycles. The molecular weight excluding hydrogens is 318 g/mol. The van der Waals surface area contributed by atoms with Gasteiger partial charge in [-0.15, -0.1) is 0 Å². The minimum atomic E-state index is -0.305. The molecule has 0 saturated carbocycles. The van der Waals surface area contributed by atoms with Gasteiger partial charge >= 0.3 is 0 Å². The molecule has 122 valence electrons. The van der Waals surface area contributed by atoms with E-state index in [0.29, 0.717) is 23.9 Å². The van der Waals surface area contributed by atoms with Gasteiger partial charge in [-0.25, -0.2) is 0 Å². The Kier molecular flexibility index (Phi) is 5.71. The zero-order chi connectivity index (χ0) is 16.8. The summed E-state index contributed by atoms with van der Waals surface area (Å²) >= 11 is 5.80. The van der Waals surface area contributed by atoms with E-state index in [1.54, 1.807) is 49.5 Å². The van der Waals surface area contributed by atoms with Gasteiger partial charge < -0.3 is 19.5 Å². The van der Waals surface area contributed by atoms with Crippen molar-refractivity contribution < 1.29 is 19.4 Å². The Balaban J connectivity index is 1.94. The minimum Gasteiger partial charge on any atom is -0.504 e. The Morgan fingerprint density at radius 2 is 1.91 bits per heavy atom. The maximum absolute atomic E-state index is 12.4. The number of carbonyl (C=O) groups is 1. The van der Waals surface area contributed by atoms with Gasteiger partial charge in [0.15, 0.2) is 11.5 Å². The third-order valence-corrected chi connectivity index (χ3v) is 3.56. The highest BCUT2D eigenvalue weighted by atomic mass is 35.5. The number of benzene rings is 2. The van der Waals surface area contributed by atoms with E-state index in [2.05, 4.69) is 0 Å². The maximum atomic E-state index is 12.4. The van der Waals surface area contributed by atoms with Crippen molar-refractivity contribution in [2.24, 2.45) is 0 Å². The fourth-order valence-corrected chi connectivity index (χ4v) is 2.12. The van der Waals surface area contributed by atoms with Crippen molar-refractivity contribution in [2.45, 2.75) is 0 Å². The highest BCUT2D eigenvalue weighted by molar-refractivity contribution is 6.30. The lowest BCUT2D eigenvalue weighted by Gasteiger charge is -2.18. The average Bonchev–Trinajstić information content (AvgIpc) is 2.56. The number of hydrogen-bond acceptors (Lipinski definition) is 4. The number of aromatic hydroxyl groups is 1. The lowest BCUT2D eigenvalue weighted by atomic mass is 10.1. The normalized spacial score (nSPS) is 10.2. The fourth-order valence-electron chi connectivity index (χ4n) is 2.00. The Hall–Kier alpha value is -2.40. The zero-order valence-electron chi connectivity index (χ0n) is 13.0. The van der Waals surface area contributed by atoms with Gasteiger partial charge in [-0.3, -0.25) is 4.79 Å². The lowest BCUT2D eigenvalue weighted by Crippen LogP contribution is -2.31. The molecule has 2 aromatic carbocycles. The van der Waals surface area contributed by atoms with Crippen LogP contribution in [0.1, 0.15) is 10.4 Å². The second-order valence-corrected chi connectivity index (χ2v) is 5.32. The van der Waals surface area contributed by atoms with E-state index in [-0.39, 0.29) is 23.0 Å². The molecule has 23 heavy (non-hydrogen) atoms.